The lowest BCUT2D eigenvalue weighted by Gasteiger charge is -2.40. The quantitative estimate of drug-likeness (QED) is 0.180. The van der Waals surface area contributed by atoms with Gasteiger partial charge in [0.2, 0.25) is 5.91 Å². The monoisotopic (exact) mass is 715 g/mol. The molecule has 50 heavy (non-hydrogen) atoms. The number of anilines is 2. The zero-order chi connectivity index (χ0) is 35.7. The first-order chi connectivity index (χ1) is 23.8. The Morgan fingerprint density at radius 2 is 2.02 bits per heavy atom. The van der Waals surface area contributed by atoms with Gasteiger partial charge in [-0.25, -0.2) is 13.2 Å². The molecule has 2 N–H and O–H groups in total. The van der Waals surface area contributed by atoms with Gasteiger partial charge in [0.05, 0.1) is 21.4 Å². The lowest BCUT2D eigenvalue weighted by Crippen LogP contribution is -2.54. The number of nitriles is 1. The molecule has 2 aromatic carbocycles. The molecule has 5 heterocycles. The number of hydrogen-bond donors (Lipinski definition) is 1. The number of piperazine rings is 1. The molecule has 0 bridgehead atoms. The molecule has 0 unspecified atom stereocenters. The maximum atomic E-state index is 17.0. The highest BCUT2D eigenvalue weighted by Gasteiger charge is 2.49. The summed E-state index contributed by atoms with van der Waals surface area (Å²) in [6.45, 7) is 6.65. The van der Waals surface area contributed by atoms with Crippen molar-refractivity contribution < 1.29 is 35.9 Å². The molecular weight excluding hydrogens is 684 g/mol. The first kappa shape index (κ1) is 33.9. The van der Waals surface area contributed by atoms with Gasteiger partial charge in [-0.2, -0.15) is 28.4 Å². The maximum absolute atomic E-state index is 17.0. The Morgan fingerprint density at radius 3 is 2.72 bits per heavy atom. The number of nitrogen functional groups attached to an aromatic ring is 1. The van der Waals surface area contributed by atoms with Crippen LogP contribution in [0.2, 0.25) is 0 Å². The molecule has 4 aromatic rings. The minimum absolute atomic E-state index is 0.0240. The molecule has 9 nitrogen and oxygen atoms in total. The predicted molar refractivity (Wildman–Crippen MR) is 177 cm³/mol. The molecule has 0 saturated carbocycles. The number of aromatic nitrogens is 2. The van der Waals surface area contributed by atoms with E-state index in [1.165, 1.54) is 6.08 Å². The van der Waals surface area contributed by atoms with Crippen molar-refractivity contribution in [1.82, 2.24) is 19.8 Å². The number of nitrogens with zero attached hydrogens (tertiary/aromatic N) is 6. The summed E-state index contributed by atoms with van der Waals surface area (Å²) in [4.78, 5) is 26.5. The van der Waals surface area contributed by atoms with Crippen LogP contribution in [0, 0.1) is 23.0 Å². The van der Waals surface area contributed by atoms with Gasteiger partial charge in [0, 0.05) is 55.0 Å². The van der Waals surface area contributed by atoms with Crippen molar-refractivity contribution >= 4 is 49.1 Å². The molecule has 7 rings (SSSR count). The van der Waals surface area contributed by atoms with Gasteiger partial charge < -0.3 is 20.3 Å². The third-order valence-corrected chi connectivity index (χ3v) is 11.0. The van der Waals surface area contributed by atoms with E-state index in [0.717, 1.165) is 24.6 Å². The largest absolute Gasteiger partial charge is 0.461 e. The zero-order valence-corrected chi connectivity index (χ0v) is 27.6. The van der Waals surface area contributed by atoms with Crippen molar-refractivity contribution in [1.29, 1.82) is 5.26 Å². The van der Waals surface area contributed by atoms with Crippen LogP contribution in [0.25, 0.3) is 32.1 Å². The Morgan fingerprint density at radius 1 is 1.24 bits per heavy atom. The van der Waals surface area contributed by atoms with Crippen LogP contribution >= 0.6 is 11.3 Å². The molecule has 3 aliphatic heterocycles. The Bertz CT molecular complexity index is 2100. The van der Waals surface area contributed by atoms with Crippen LogP contribution in [0.1, 0.15) is 37.3 Å². The van der Waals surface area contributed by atoms with E-state index in [0.29, 0.717) is 24.3 Å². The number of carbonyl (C=O) groups excluding carboxylic acids is 1. The fraction of sp³-hybridized carbons (Fsp3) is 0.412. The molecule has 0 aliphatic carbocycles. The van der Waals surface area contributed by atoms with E-state index in [-0.39, 0.29) is 88.5 Å². The number of amides is 1. The minimum Gasteiger partial charge on any atom is -0.461 e. The smallest absolute Gasteiger partial charge is 0.417 e. The molecule has 3 fully saturated rings. The third kappa shape index (κ3) is 5.47. The standard InChI is InChI=1S/C34H31F6N7O2S/c1-3-24(48)47-10-9-45(14-17(47)2)31-20-11-22(34(38,39)40)26(19-5-6-23(36)29-25(19)21(13-41)30(42)50-29)27(37)28(20)43-32(44-31)49-16-33-7-4-8-46(33)15-18(35)12-33/h3,5-6,11,17-18H,1,4,7-10,12,14-16,42H2,2H3/t17-,18-,33+/m1/s1. The second-order valence-electron chi connectivity index (χ2n) is 13.0. The van der Waals surface area contributed by atoms with Gasteiger partial charge in [0.1, 0.15) is 41.0 Å². The molecule has 1 amide bonds. The SMILES string of the molecule is C=CC(=O)N1CCN(c2nc(OC[C@@]34CCCN3C[C@H](F)C4)nc3c(F)c(-c4ccc(F)c5sc(N)c(C#N)c45)c(C(F)(F)F)cc23)C[C@H]1C. The number of fused-ring (bicyclic) bond motifs is 3. The summed E-state index contributed by atoms with van der Waals surface area (Å²) < 4.78 is 97.2. The van der Waals surface area contributed by atoms with Crippen molar-refractivity contribution in [2.24, 2.45) is 0 Å². The van der Waals surface area contributed by atoms with E-state index in [4.69, 9.17) is 10.5 Å². The molecule has 0 radical (unpaired) electrons. The molecule has 0 spiro atoms. The van der Waals surface area contributed by atoms with Crippen molar-refractivity contribution in [3.05, 3.63) is 53.6 Å². The number of nitrogens with two attached hydrogens (primary N) is 1. The molecule has 262 valence electrons. The average Bonchev–Trinajstić information content (AvgIpc) is 3.72. The fourth-order valence-electron chi connectivity index (χ4n) is 7.73. The van der Waals surface area contributed by atoms with Gasteiger partial charge in [-0.15, -0.1) is 11.3 Å². The fourth-order valence-corrected chi connectivity index (χ4v) is 8.68. The van der Waals surface area contributed by atoms with E-state index in [1.54, 1.807) is 16.7 Å². The summed E-state index contributed by atoms with van der Waals surface area (Å²) in [5.41, 5.74) is 1.83. The summed E-state index contributed by atoms with van der Waals surface area (Å²) in [5.74, 6) is -2.58. The second-order valence-corrected chi connectivity index (χ2v) is 14.0. The average molecular weight is 716 g/mol. The van der Waals surface area contributed by atoms with Crippen molar-refractivity contribution in [3.63, 3.8) is 0 Å². The van der Waals surface area contributed by atoms with Crippen LogP contribution in [0.4, 0.5) is 37.2 Å². The highest BCUT2D eigenvalue weighted by atomic mass is 32.1. The van der Waals surface area contributed by atoms with Crippen LogP contribution in [0.5, 0.6) is 6.01 Å². The van der Waals surface area contributed by atoms with Crippen LogP contribution in [0.15, 0.2) is 30.9 Å². The number of alkyl halides is 4. The molecule has 16 heteroatoms. The number of carbonyl (C=O) groups is 1. The lowest BCUT2D eigenvalue weighted by atomic mass is 9.92. The van der Waals surface area contributed by atoms with Crippen LogP contribution in [0.3, 0.4) is 0 Å². The summed E-state index contributed by atoms with van der Waals surface area (Å²) >= 11 is 0.674. The van der Waals surface area contributed by atoms with Crippen LogP contribution in [-0.2, 0) is 11.0 Å². The number of hydrogen-bond acceptors (Lipinski definition) is 9. The van der Waals surface area contributed by atoms with E-state index in [1.807, 2.05) is 11.0 Å². The van der Waals surface area contributed by atoms with Gasteiger partial charge in [0.15, 0.2) is 5.82 Å². The normalized spacial score (nSPS) is 22.7. The topological polar surface area (TPSA) is 112 Å². The minimum atomic E-state index is -5.12. The summed E-state index contributed by atoms with van der Waals surface area (Å²) in [7, 11) is 0. The number of halogens is 6. The number of rotatable bonds is 6. The van der Waals surface area contributed by atoms with Crippen molar-refractivity contribution in [2.45, 2.75) is 50.1 Å². The Kier molecular flexibility index (Phi) is 8.33. The Labute approximate surface area is 286 Å². The second kappa shape index (κ2) is 12.3. The van der Waals surface area contributed by atoms with Gasteiger partial charge in [-0.3, -0.25) is 9.69 Å². The number of thiophene rings is 1. The Balaban J connectivity index is 1.44. The van der Waals surface area contributed by atoms with Gasteiger partial charge in [-0.1, -0.05) is 12.6 Å². The summed E-state index contributed by atoms with van der Waals surface area (Å²) in [5, 5.41) is 9.17. The molecular formula is C34H31F6N7O2S. The summed E-state index contributed by atoms with van der Waals surface area (Å²) in [6.07, 6.45) is -3.29. The number of benzene rings is 2. The van der Waals surface area contributed by atoms with Gasteiger partial charge >= 0.3 is 12.2 Å². The van der Waals surface area contributed by atoms with Crippen LogP contribution < -0.4 is 15.4 Å². The van der Waals surface area contributed by atoms with E-state index in [2.05, 4.69) is 16.5 Å². The highest BCUT2D eigenvalue weighted by Crippen LogP contribution is 2.48. The molecule has 2 aromatic heterocycles. The molecule has 3 atom stereocenters. The van der Waals surface area contributed by atoms with Gasteiger partial charge in [0.25, 0.3) is 0 Å². The van der Waals surface area contributed by atoms with E-state index < -0.39 is 52.2 Å². The Hall–Kier alpha value is -4.62. The van der Waals surface area contributed by atoms with E-state index in [9.17, 15) is 32.0 Å². The predicted octanol–water partition coefficient (Wildman–Crippen LogP) is 6.44. The van der Waals surface area contributed by atoms with Crippen molar-refractivity contribution in [2.75, 3.05) is 50.0 Å². The lowest BCUT2D eigenvalue weighted by molar-refractivity contribution is -0.137. The summed E-state index contributed by atoms with van der Waals surface area (Å²) in [6, 6.07) is 3.71. The van der Waals surface area contributed by atoms with Crippen LogP contribution in [-0.4, -0.2) is 82.8 Å². The maximum Gasteiger partial charge on any atom is 0.417 e. The third-order valence-electron chi connectivity index (χ3n) is 10.0. The van der Waals surface area contributed by atoms with E-state index >= 15 is 4.39 Å². The van der Waals surface area contributed by atoms with Crippen molar-refractivity contribution in [3.8, 4) is 23.2 Å². The first-order valence-corrected chi connectivity index (χ1v) is 16.8. The first-order valence-electron chi connectivity index (χ1n) is 16.0. The zero-order valence-electron chi connectivity index (χ0n) is 26.8. The number of ether oxygens (including phenoxy) is 1. The van der Waals surface area contributed by atoms with Gasteiger partial charge in [-0.05, 0) is 50.1 Å². The highest BCUT2D eigenvalue weighted by molar-refractivity contribution is 7.23. The molecule has 3 saturated heterocycles. The molecule has 3 aliphatic rings.